The summed E-state index contributed by atoms with van der Waals surface area (Å²) in [5.74, 6) is 0.978. The van der Waals surface area contributed by atoms with Crippen LogP contribution in [0.5, 0.6) is 0 Å². The number of piperidine rings is 1. The van der Waals surface area contributed by atoms with Crippen LogP contribution in [0.25, 0.3) is 0 Å². The molecule has 0 saturated carbocycles. The maximum Gasteiger partial charge on any atom is 0.275 e. The third kappa shape index (κ3) is 3.98. The molecule has 1 aliphatic rings. The third-order valence-electron chi connectivity index (χ3n) is 4.72. The Hall–Kier alpha value is -2.43. The molecule has 2 heterocycles. The van der Waals surface area contributed by atoms with Gasteiger partial charge in [0.25, 0.3) is 5.91 Å². The van der Waals surface area contributed by atoms with Gasteiger partial charge < -0.3 is 10.2 Å². The van der Waals surface area contributed by atoms with Crippen molar-refractivity contribution in [2.75, 3.05) is 23.3 Å². The number of nitrogens with one attached hydrogen (secondary N) is 1. The molecule has 2 aromatic rings. The van der Waals surface area contributed by atoms with Crippen LogP contribution in [-0.4, -0.2) is 29.0 Å². The highest BCUT2D eigenvalue weighted by Crippen LogP contribution is 2.27. The molecule has 0 atom stereocenters. The summed E-state index contributed by atoms with van der Waals surface area (Å²) in [4.78, 5) is 23.6. The van der Waals surface area contributed by atoms with Crippen LogP contribution in [0.1, 0.15) is 60.6 Å². The van der Waals surface area contributed by atoms with E-state index in [1.54, 1.807) is 12.4 Å². The molecule has 0 aliphatic carbocycles. The Balaban J connectivity index is 1.76. The smallest absolute Gasteiger partial charge is 0.275 e. The summed E-state index contributed by atoms with van der Waals surface area (Å²) in [5.41, 5.74) is 3.41. The van der Waals surface area contributed by atoms with E-state index in [9.17, 15) is 4.79 Å². The number of carbonyl (C=O) groups excluding carboxylic acids is 1. The number of amides is 1. The highest BCUT2D eigenvalue weighted by Gasteiger charge is 2.16. The van der Waals surface area contributed by atoms with E-state index in [0.717, 1.165) is 35.7 Å². The van der Waals surface area contributed by atoms with Gasteiger partial charge in [-0.05, 0) is 43.2 Å². The first-order valence-corrected chi connectivity index (χ1v) is 9.04. The number of hydrogen-bond acceptors (Lipinski definition) is 4. The summed E-state index contributed by atoms with van der Waals surface area (Å²) < 4.78 is 0. The van der Waals surface area contributed by atoms with Crippen molar-refractivity contribution in [3.05, 3.63) is 47.4 Å². The number of carbonyl (C=O) groups is 1. The third-order valence-corrected chi connectivity index (χ3v) is 4.72. The predicted molar refractivity (Wildman–Crippen MR) is 101 cm³/mol. The molecule has 0 unspecified atom stereocenters. The van der Waals surface area contributed by atoms with Gasteiger partial charge in [0, 0.05) is 18.8 Å². The first-order valence-electron chi connectivity index (χ1n) is 9.04. The van der Waals surface area contributed by atoms with Crippen molar-refractivity contribution < 1.29 is 4.79 Å². The molecular weight excluding hydrogens is 312 g/mol. The van der Waals surface area contributed by atoms with E-state index in [0.29, 0.717) is 11.6 Å². The average molecular weight is 338 g/mol. The molecule has 0 bridgehead atoms. The number of hydrogen-bond donors (Lipinski definition) is 1. The number of para-hydroxylation sites is 1. The van der Waals surface area contributed by atoms with Crippen molar-refractivity contribution >= 4 is 17.4 Å². The summed E-state index contributed by atoms with van der Waals surface area (Å²) >= 11 is 0. The van der Waals surface area contributed by atoms with Crippen molar-refractivity contribution in [2.24, 2.45) is 0 Å². The number of rotatable bonds is 4. The van der Waals surface area contributed by atoms with Crippen molar-refractivity contribution in [3.63, 3.8) is 0 Å². The van der Waals surface area contributed by atoms with Crippen molar-refractivity contribution in [1.29, 1.82) is 0 Å². The normalized spacial score (nSPS) is 14.6. The maximum atomic E-state index is 12.6. The Kier molecular flexibility index (Phi) is 5.31. The van der Waals surface area contributed by atoms with Crippen molar-refractivity contribution in [3.8, 4) is 0 Å². The van der Waals surface area contributed by atoms with Gasteiger partial charge in [-0.3, -0.25) is 4.79 Å². The van der Waals surface area contributed by atoms with Crippen LogP contribution in [0.2, 0.25) is 0 Å². The SMILES string of the molecule is Cc1cccc(C(C)C)c1NC(=O)c1cnc(N2CCCCC2)cn1. The van der Waals surface area contributed by atoms with E-state index in [1.807, 2.05) is 19.1 Å². The van der Waals surface area contributed by atoms with Gasteiger partial charge in [-0.2, -0.15) is 0 Å². The standard InChI is InChI=1S/C20H26N4O/c1-14(2)16-9-7-8-15(3)19(16)23-20(25)17-12-22-18(13-21-17)24-10-5-4-6-11-24/h7-9,12-14H,4-6,10-11H2,1-3H3,(H,23,25). The van der Waals surface area contributed by atoms with Gasteiger partial charge in [0.05, 0.1) is 12.4 Å². The minimum Gasteiger partial charge on any atom is -0.355 e. The van der Waals surface area contributed by atoms with Gasteiger partial charge in [0.15, 0.2) is 0 Å². The van der Waals surface area contributed by atoms with Crippen LogP contribution in [0.4, 0.5) is 11.5 Å². The highest BCUT2D eigenvalue weighted by atomic mass is 16.1. The zero-order chi connectivity index (χ0) is 17.8. The Morgan fingerprint density at radius 3 is 2.52 bits per heavy atom. The molecule has 132 valence electrons. The van der Waals surface area contributed by atoms with E-state index < -0.39 is 0 Å². The Labute approximate surface area is 149 Å². The molecular formula is C20H26N4O. The number of benzene rings is 1. The lowest BCUT2D eigenvalue weighted by Crippen LogP contribution is -2.30. The molecule has 3 rings (SSSR count). The molecule has 1 aromatic heterocycles. The van der Waals surface area contributed by atoms with Crippen LogP contribution < -0.4 is 10.2 Å². The van der Waals surface area contributed by atoms with Crippen molar-refractivity contribution in [2.45, 2.75) is 46.0 Å². The van der Waals surface area contributed by atoms with E-state index in [2.05, 4.69) is 40.1 Å². The van der Waals surface area contributed by atoms with Gasteiger partial charge in [-0.1, -0.05) is 32.0 Å². The van der Waals surface area contributed by atoms with Crippen LogP contribution in [0, 0.1) is 6.92 Å². The second-order valence-electron chi connectivity index (χ2n) is 6.96. The van der Waals surface area contributed by atoms with Gasteiger partial charge in [0.2, 0.25) is 0 Å². The maximum absolute atomic E-state index is 12.6. The lowest BCUT2D eigenvalue weighted by atomic mass is 9.98. The minimum atomic E-state index is -0.214. The molecule has 5 nitrogen and oxygen atoms in total. The molecule has 0 radical (unpaired) electrons. The Morgan fingerprint density at radius 2 is 1.88 bits per heavy atom. The van der Waals surface area contributed by atoms with Gasteiger partial charge in [-0.25, -0.2) is 9.97 Å². The number of nitrogens with zero attached hydrogens (tertiary/aromatic N) is 3. The van der Waals surface area contributed by atoms with Crippen LogP contribution >= 0.6 is 0 Å². The molecule has 1 aromatic carbocycles. The first kappa shape index (κ1) is 17.4. The van der Waals surface area contributed by atoms with Crippen molar-refractivity contribution in [1.82, 2.24) is 9.97 Å². The summed E-state index contributed by atoms with van der Waals surface area (Å²) in [6.07, 6.45) is 6.94. The highest BCUT2D eigenvalue weighted by molar-refractivity contribution is 6.03. The fourth-order valence-electron chi connectivity index (χ4n) is 3.24. The molecule has 1 fully saturated rings. The summed E-state index contributed by atoms with van der Waals surface area (Å²) in [6.45, 7) is 8.28. The quantitative estimate of drug-likeness (QED) is 0.910. The fraction of sp³-hybridized carbons (Fsp3) is 0.450. The largest absolute Gasteiger partial charge is 0.355 e. The lowest BCUT2D eigenvalue weighted by Gasteiger charge is -2.27. The second-order valence-corrected chi connectivity index (χ2v) is 6.96. The first-order chi connectivity index (χ1) is 12.1. The zero-order valence-electron chi connectivity index (χ0n) is 15.2. The predicted octanol–water partition coefficient (Wildman–Crippen LogP) is 4.15. The van der Waals surface area contributed by atoms with E-state index >= 15 is 0 Å². The van der Waals surface area contributed by atoms with Gasteiger partial charge in [0.1, 0.15) is 11.5 Å². The molecule has 1 aliphatic heterocycles. The monoisotopic (exact) mass is 338 g/mol. The Bertz CT molecular complexity index is 734. The molecule has 0 spiro atoms. The molecule has 1 saturated heterocycles. The van der Waals surface area contributed by atoms with E-state index in [-0.39, 0.29) is 5.91 Å². The van der Waals surface area contributed by atoms with Gasteiger partial charge >= 0.3 is 0 Å². The van der Waals surface area contributed by atoms with Crippen LogP contribution in [0.3, 0.4) is 0 Å². The summed E-state index contributed by atoms with van der Waals surface area (Å²) in [7, 11) is 0. The fourth-order valence-corrected chi connectivity index (χ4v) is 3.24. The topological polar surface area (TPSA) is 58.1 Å². The number of anilines is 2. The number of aryl methyl sites for hydroxylation is 1. The van der Waals surface area contributed by atoms with E-state index in [1.165, 1.54) is 19.3 Å². The average Bonchev–Trinajstić information content (AvgIpc) is 2.64. The summed E-state index contributed by atoms with van der Waals surface area (Å²) in [6, 6.07) is 6.08. The zero-order valence-corrected chi connectivity index (χ0v) is 15.2. The Morgan fingerprint density at radius 1 is 1.12 bits per heavy atom. The lowest BCUT2D eigenvalue weighted by molar-refractivity contribution is 0.102. The summed E-state index contributed by atoms with van der Waals surface area (Å²) in [5, 5.41) is 3.02. The second kappa shape index (κ2) is 7.64. The number of aromatic nitrogens is 2. The van der Waals surface area contributed by atoms with E-state index in [4.69, 9.17) is 0 Å². The molecule has 5 heteroatoms. The minimum absolute atomic E-state index is 0.214. The molecule has 25 heavy (non-hydrogen) atoms. The molecule has 1 N–H and O–H groups in total. The van der Waals surface area contributed by atoms with Crippen LogP contribution in [-0.2, 0) is 0 Å². The van der Waals surface area contributed by atoms with Gasteiger partial charge in [-0.15, -0.1) is 0 Å². The van der Waals surface area contributed by atoms with Crippen LogP contribution in [0.15, 0.2) is 30.6 Å². The molecule has 1 amide bonds.